The molecule has 4 heteroatoms. The lowest BCUT2D eigenvalue weighted by atomic mass is 9.76. The third-order valence-electron chi connectivity index (χ3n) is 5.17. The van der Waals surface area contributed by atoms with Crippen LogP contribution in [0.5, 0.6) is 0 Å². The van der Waals surface area contributed by atoms with Crippen molar-refractivity contribution in [2.75, 3.05) is 4.90 Å². The molecule has 0 radical (unpaired) electrons. The molecule has 4 atom stereocenters. The Morgan fingerprint density at radius 2 is 2.00 bits per heavy atom. The Hall–Kier alpha value is -2.20. The van der Waals surface area contributed by atoms with Gasteiger partial charge in [0.1, 0.15) is 0 Å². The summed E-state index contributed by atoms with van der Waals surface area (Å²) in [5, 5.41) is 0. The standard InChI is InChI=1S/C19H19NO3/c1-2-14-15-16(19(23-14)11-7-4-8-12-19)18(22)20(17(15)21)13-9-5-3-6-10-13/h2-3,5-7,9-11,14-16H,1,4,8,12H2/t14-,15?,16?,19-/m0/s1. The van der Waals surface area contributed by atoms with E-state index in [-0.39, 0.29) is 11.8 Å². The SMILES string of the molecule is C=C[C@@H]1O[C@]2(C=CCCC2)C2C(=O)N(c3ccccc3)C(=O)C21. The fourth-order valence-electron chi connectivity index (χ4n) is 4.18. The van der Waals surface area contributed by atoms with Crippen LogP contribution in [0.15, 0.2) is 55.1 Å². The summed E-state index contributed by atoms with van der Waals surface area (Å²) in [7, 11) is 0. The Bertz CT molecular complexity index is 696. The number of anilines is 1. The number of fused-ring (bicyclic) bond motifs is 2. The summed E-state index contributed by atoms with van der Waals surface area (Å²) in [6.07, 6.45) is 8.05. The molecule has 0 saturated carbocycles. The van der Waals surface area contributed by atoms with Crippen molar-refractivity contribution in [3.8, 4) is 0 Å². The second-order valence-corrected chi connectivity index (χ2v) is 6.42. The molecule has 2 fully saturated rings. The Morgan fingerprint density at radius 3 is 2.65 bits per heavy atom. The van der Waals surface area contributed by atoms with Gasteiger partial charge in [0.2, 0.25) is 11.8 Å². The van der Waals surface area contributed by atoms with Gasteiger partial charge in [-0.15, -0.1) is 6.58 Å². The molecule has 2 aliphatic heterocycles. The highest BCUT2D eigenvalue weighted by molar-refractivity contribution is 6.23. The predicted molar refractivity (Wildman–Crippen MR) is 86.7 cm³/mol. The van der Waals surface area contributed by atoms with E-state index in [2.05, 4.69) is 12.7 Å². The molecule has 2 saturated heterocycles. The average molecular weight is 309 g/mol. The van der Waals surface area contributed by atoms with Crippen LogP contribution >= 0.6 is 0 Å². The van der Waals surface area contributed by atoms with Gasteiger partial charge in [-0.3, -0.25) is 9.59 Å². The number of hydrogen-bond donors (Lipinski definition) is 0. The molecule has 2 unspecified atom stereocenters. The van der Waals surface area contributed by atoms with Crippen molar-refractivity contribution < 1.29 is 14.3 Å². The molecule has 2 heterocycles. The van der Waals surface area contributed by atoms with E-state index in [9.17, 15) is 9.59 Å². The number of hydrogen-bond acceptors (Lipinski definition) is 3. The minimum absolute atomic E-state index is 0.151. The largest absolute Gasteiger partial charge is 0.362 e. The van der Waals surface area contributed by atoms with E-state index < -0.39 is 23.5 Å². The number of imide groups is 1. The molecule has 3 aliphatic rings. The summed E-state index contributed by atoms with van der Waals surface area (Å²) in [4.78, 5) is 27.4. The van der Waals surface area contributed by atoms with Crippen LogP contribution in [-0.2, 0) is 14.3 Å². The Morgan fingerprint density at radius 1 is 1.22 bits per heavy atom. The predicted octanol–water partition coefficient (Wildman–Crippen LogP) is 2.86. The summed E-state index contributed by atoms with van der Waals surface area (Å²) < 4.78 is 6.16. The summed E-state index contributed by atoms with van der Waals surface area (Å²) in [6, 6.07) is 9.13. The fraction of sp³-hybridized carbons (Fsp3) is 0.368. The first-order valence-electron chi connectivity index (χ1n) is 8.09. The first kappa shape index (κ1) is 14.4. The van der Waals surface area contributed by atoms with Crippen LogP contribution in [0.4, 0.5) is 5.69 Å². The van der Waals surface area contributed by atoms with E-state index in [0.29, 0.717) is 5.69 Å². The van der Waals surface area contributed by atoms with E-state index >= 15 is 0 Å². The zero-order valence-electron chi connectivity index (χ0n) is 12.9. The lowest BCUT2D eigenvalue weighted by Gasteiger charge is -2.33. The Labute approximate surface area is 135 Å². The van der Waals surface area contributed by atoms with Crippen molar-refractivity contribution in [3.05, 3.63) is 55.1 Å². The maximum absolute atomic E-state index is 13.1. The van der Waals surface area contributed by atoms with E-state index in [4.69, 9.17) is 4.74 Å². The third kappa shape index (κ3) is 1.94. The maximum atomic E-state index is 13.1. The quantitative estimate of drug-likeness (QED) is 0.623. The van der Waals surface area contributed by atoms with Crippen LogP contribution in [-0.4, -0.2) is 23.5 Å². The molecule has 23 heavy (non-hydrogen) atoms. The van der Waals surface area contributed by atoms with Gasteiger partial charge in [-0.25, -0.2) is 4.90 Å². The molecule has 0 bridgehead atoms. The minimum Gasteiger partial charge on any atom is -0.362 e. The topological polar surface area (TPSA) is 46.6 Å². The first-order chi connectivity index (χ1) is 11.2. The summed E-state index contributed by atoms with van der Waals surface area (Å²) in [6.45, 7) is 3.81. The first-order valence-corrected chi connectivity index (χ1v) is 8.09. The van der Waals surface area contributed by atoms with Crippen molar-refractivity contribution in [1.82, 2.24) is 0 Å². The molecule has 2 amide bonds. The monoisotopic (exact) mass is 309 g/mol. The molecule has 118 valence electrons. The summed E-state index contributed by atoms with van der Waals surface area (Å²) in [5.41, 5.74) is -0.0208. The fourth-order valence-corrected chi connectivity index (χ4v) is 4.18. The van der Waals surface area contributed by atoms with Crippen molar-refractivity contribution in [1.29, 1.82) is 0 Å². The van der Waals surface area contributed by atoms with Gasteiger partial charge in [-0.1, -0.05) is 36.4 Å². The van der Waals surface area contributed by atoms with Gasteiger partial charge in [0.25, 0.3) is 0 Å². The maximum Gasteiger partial charge on any atom is 0.241 e. The number of nitrogens with zero attached hydrogens (tertiary/aromatic N) is 1. The molecule has 1 spiro atoms. The molecule has 4 rings (SSSR count). The lowest BCUT2D eigenvalue weighted by Crippen LogP contribution is -2.42. The van der Waals surface area contributed by atoms with Gasteiger partial charge in [0, 0.05) is 0 Å². The molecule has 0 N–H and O–H groups in total. The van der Waals surface area contributed by atoms with Crippen LogP contribution in [0.3, 0.4) is 0 Å². The number of carbonyl (C=O) groups is 2. The molecule has 0 aromatic heterocycles. The third-order valence-corrected chi connectivity index (χ3v) is 5.17. The van der Waals surface area contributed by atoms with Gasteiger partial charge in [-0.2, -0.15) is 0 Å². The van der Waals surface area contributed by atoms with Gasteiger partial charge < -0.3 is 4.74 Å². The van der Waals surface area contributed by atoms with Crippen molar-refractivity contribution in [2.45, 2.75) is 31.0 Å². The Kier molecular flexibility index (Phi) is 3.23. The van der Waals surface area contributed by atoms with Crippen LogP contribution in [0.2, 0.25) is 0 Å². The lowest BCUT2D eigenvalue weighted by molar-refractivity contribution is -0.127. The number of allylic oxidation sites excluding steroid dienone is 1. The number of rotatable bonds is 2. The van der Waals surface area contributed by atoms with E-state index in [0.717, 1.165) is 19.3 Å². The summed E-state index contributed by atoms with van der Waals surface area (Å²) >= 11 is 0. The summed E-state index contributed by atoms with van der Waals surface area (Å²) in [5.74, 6) is -1.24. The highest BCUT2D eigenvalue weighted by atomic mass is 16.5. The van der Waals surface area contributed by atoms with E-state index in [1.54, 1.807) is 18.2 Å². The van der Waals surface area contributed by atoms with E-state index in [1.807, 2.05) is 24.3 Å². The minimum atomic E-state index is -0.655. The molecule has 1 aromatic carbocycles. The number of carbonyl (C=O) groups excluding carboxylic acids is 2. The second-order valence-electron chi connectivity index (χ2n) is 6.42. The molecular formula is C19H19NO3. The van der Waals surface area contributed by atoms with Gasteiger partial charge >= 0.3 is 0 Å². The smallest absolute Gasteiger partial charge is 0.241 e. The zero-order chi connectivity index (χ0) is 16.0. The van der Waals surface area contributed by atoms with Crippen LogP contribution in [0.25, 0.3) is 0 Å². The van der Waals surface area contributed by atoms with Crippen molar-refractivity contribution >= 4 is 17.5 Å². The number of para-hydroxylation sites is 1. The van der Waals surface area contributed by atoms with Gasteiger partial charge in [-0.05, 0) is 31.4 Å². The zero-order valence-corrected chi connectivity index (χ0v) is 12.9. The number of benzene rings is 1. The average Bonchev–Trinajstić information content (AvgIpc) is 3.04. The Balaban J connectivity index is 1.80. The number of ether oxygens (including phenoxy) is 1. The molecule has 1 aliphatic carbocycles. The highest BCUT2D eigenvalue weighted by Crippen LogP contribution is 2.51. The van der Waals surface area contributed by atoms with Crippen molar-refractivity contribution in [3.63, 3.8) is 0 Å². The highest BCUT2D eigenvalue weighted by Gasteiger charge is 2.65. The second kappa shape index (κ2) is 5.17. The van der Waals surface area contributed by atoms with E-state index in [1.165, 1.54) is 4.90 Å². The van der Waals surface area contributed by atoms with Crippen molar-refractivity contribution in [2.24, 2.45) is 11.8 Å². The molecule has 1 aromatic rings. The molecular weight excluding hydrogens is 290 g/mol. The van der Waals surface area contributed by atoms with Gasteiger partial charge in [0.05, 0.1) is 29.2 Å². The van der Waals surface area contributed by atoms with Crippen LogP contribution in [0, 0.1) is 11.8 Å². The van der Waals surface area contributed by atoms with Gasteiger partial charge in [0.15, 0.2) is 0 Å². The number of amides is 2. The normalized spacial score (nSPS) is 35.8. The molecule has 4 nitrogen and oxygen atoms in total. The van der Waals surface area contributed by atoms with Crippen LogP contribution in [0.1, 0.15) is 19.3 Å². The van der Waals surface area contributed by atoms with Crippen LogP contribution < -0.4 is 4.90 Å².